The number of rotatable bonds is 10. The van der Waals surface area contributed by atoms with Gasteiger partial charge in [-0.25, -0.2) is 4.98 Å². The molecule has 1 aromatic heterocycles. The van der Waals surface area contributed by atoms with Crippen LogP contribution >= 0.6 is 12.4 Å². The van der Waals surface area contributed by atoms with Crippen LogP contribution in [0.4, 0.5) is 0 Å². The lowest BCUT2D eigenvalue weighted by molar-refractivity contribution is -0.122. The average molecular weight is 380 g/mol. The van der Waals surface area contributed by atoms with Crippen LogP contribution in [0.15, 0.2) is 48.7 Å². The van der Waals surface area contributed by atoms with Crippen molar-refractivity contribution >= 4 is 18.3 Å². The number of carbonyl (C=O) groups is 1. The summed E-state index contributed by atoms with van der Waals surface area (Å²) in [5.74, 6) is 1.20. The summed E-state index contributed by atoms with van der Waals surface area (Å²) in [6.07, 6.45) is 3.25. The third-order valence-corrected chi connectivity index (χ3v) is 3.55. The van der Waals surface area contributed by atoms with Gasteiger partial charge in [0.2, 0.25) is 11.8 Å². The standard InChI is InChI=1S/C19H25N3O3.ClH/c1-2-6-17(20)19(23)22-14-15-9-10-18(21-13-15)25-12-11-24-16-7-4-3-5-8-16;/h3-5,7-10,13,17H,2,6,11-12,14,20H2,1H3,(H,22,23);1H. The molecular weight excluding hydrogens is 354 g/mol. The Morgan fingerprint density at radius 2 is 1.88 bits per heavy atom. The molecule has 0 saturated heterocycles. The van der Waals surface area contributed by atoms with Crippen molar-refractivity contribution in [3.8, 4) is 11.6 Å². The molecule has 6 nitrogen and oxygen atoms in total. The predicted molar refractivity (Wildman–Crippen MR) is 104 cm³/mol. The smallest absolute Gasteiger partial charge is 0.237 e. The van der Waals surface area contributed by atoms with Crippen LogP contribution in [0.2, 0.25) is 0 Å². The monoisotopic (exact) mass is 379 g/mol. The van der Waals surface area contributed by atoms with Crippen LogP contribution in [-0.2, 0) is 11.3 Å². The second kappa shape index (κ2) is 12.1. The lowest BCUT2D eigenvalue weighted by atomic mass is 10.1. The highest BCUT2D eigenvalue weighted by Crippen LogP contribution is 2.10. The summed E-state index contributed by atoms with van der Waals surface area (Å²) in [5, 5.41) is 2.81. The van der Waals surface area contributed by atoms with Gasteiger partial charge in [0.1, 0.15) is 19.0 Å². The Hall–Kier alpha value is -2.31. The van der Waals surface area contributed by atoms with Gasteiger partial charge in [0.15, 0.2) is 0 Å². The zero-order valence-corrected chi connectivity index (χ0v) is 15.7. The van der Waals surface area contributed by atoms with Gasteiger partial charge in [-0.05, 0) is 24.1 Å². The Labute approximate surface area is 160 Å². The molecule has 0 aliphatic heterocycles. The number of benzene rings is 1. The third kappa shape index (κ3) is 7.72. The summed E-state index contributed by atoms with van der Waals surface area (Å²) >= 11 is 0. The molecule has 0 bridgehead atoms. The first-order valence-electron chi connectivity index (χ1n) is 8.48. The molecule has 0 fully saturated rings. The quantitative estimate of drug-likeness (QED) is 0.620. The zero-order valence-electron chi connectivity index (χ0n) is 14.9. The number of para-hydroxylation sites is 1. The molecule has 1 aromatic carbocycles. The first-order valence-corrected chi connectivity index (χ1v) is 8.48. The Bertz CT molecular complexity index is 638. The van der Waals surface area contributed by atoms with Crippen molar-refractivity contribution in [2.24, 2.45) is 5.73 Å². The van der Waals surface area contributed by atoms with E-state index in [4.69, 9.17) is 15.2 Å². The van der Waals surface area contributed by atoms with E-state index in [0.29, 0.717) is 32.1 Å². The van der Waals surface area contributed by atoms with Crippen LogP contribution in [0.5, 0.6) is 11.6 Å². The second-order valence-corrected chi connectivity index (χ2v) is 5.63. The summed E-state index contributed by atoms with van der Waals surface area (Å²) in [5.41, 5.74) is 6.66. The van der Waals surface area contributed by atoms with Crippen LogP contribution in [0, 0.1) is 0 Å². The summed E-state index contributed by atoms with van der Waals surface area (Å²) in [6, 6.07) is 12.8. The minimum atomic E-state index is -0.454. The van der Waals surface area contributed by atoms with E-state index in [9.17, 15) is 4.79 Å². The number of ether oxygens (including phenoxy) is 2. The molecule has 1 atom stereocenters. The molecule has 1 unspecified atom stereocenters. The number of halogens is 1. The SMILES string of the molecule is CCCC(N)C(=O)NCc1ccc(OCCOc2ccccc2)nc1.Cl. The maximum atomic E-state index is 11.8. The van der Waals surface area contributed by atoms with E-state index in [2.05, 4.69) is 10.3 Å². The van der Waals surface area contributed by atoms with Gasteiger partial charge in [0, 0.05) is 18.8 Å². The number of pyridine rings is 1. The molecule has 7 heteroatoms. The van der Waals surface area contributed by atoms with Crippen LogP contribution in [0.3, 0.4) is 0 Å². The van der Waals surface area contributed by atoms with Crippen molar-refractivity contribution in [2.75, 3.05) is 13.2 Å². The first-order chi connectivity index (χ1) is 12.2. The molecule has 1 amide bonds. The van der Waals surface area contributed by atoms with Gasteiger partial charge in [-0.15, -0.1) is 12.4 Å². The van der Waals surface area contributed by atoms with E-state index < -0.39 is 6.04 Å². The largest absolute Gasteiger partial charge is 0.490 e. The number of nitrogens with two attached hydrogens (primary N) is 1. The Balaban J connectivity index is 0.00000338. The van der Waals surface area contributed by atoms with Crippen LogP contribution in [0.1, 0.15) is 25.3 Å². The predicted octanol–water partition coefficient (Wildman–Crippen LogP) is 2.70. The number of aromatic nitrogens is 1. The van der Waals surface area contributed by atoms with Gasteiger partial charge < -0.3 is 20.5 Å². The van der Waals surface area contributed by atoms with Gasteiger partial charge >= 0.3 is 0 Å². The van der Waals surface area contributed by atoms with E-state index in [0.717, 1.165) is 17.7 Å². The fourth-order valence-corrected chi connectivity index (χ4v) is 2.19. The minimum Gasteiger partial charge on any atom is -0.490 e. The molecule has 2 aromatic rings. The lowest BCUT2D eigenvalue weighted by Gasteiger charge is -2.11. The van der Waals surface area contributed by atoms with Crippen molar-refractivity contribution in [2.45, 2.75) is 32.4 Å². The Morgan fingerprint density at radius 1 is 1.15 bits per heavy atom. The van der Waals surface area contributed by atoms with Gasteiger partial charge in [-0.3, -0.25) is 4.79 Å². The highest BCUT2D eigenvalue weighted by Gasteiger charge is 2.11. The fraction of sp³-hybridized carbons (Fsp3) is 0.368. The number of carbonyl (C=O) groups excluding carboxylic acids is 1. The molecule has 0 aliphatic rings. The first kappa shape index (κ1) is 21.7. The van der Waals surface area contributed by atoms with Gasteiger partial charge in [-0.1, -0.05) is 37.6 Å². The van der Waals surface area contributed by atoms with E-state index in [1.54, 1.807) is 12.3 Å². The molecule has 2 rings (SSSR count). The van der Waals surface area contributed by atoms with Gasteiger partial charge in [0.25, 0.3) is 0 Å². The molecule has 142 valence electrons. The van der Waals surface area contributed by atoms with Crippen LogP contribution in [0.25, 0.3) is 0 Å². The average Bonchev–Trinajstić information content (AvgIpc) is 2.65. The van der Waals surface area contributed by atoms with Crippen molar-refractivity contribution in [1.29, 1.82) is 0 Å². The molecule has 0 spiro atoms. The summed E-state index contributed by atoms with van der Waals surface area (Å²) in [6.45, 7) is 3.25. The van der Waals surface area contributed by atoms with Crippen molar-refractivity contribution < 1.29 is 14.3 Å². The number of nitrogens with zero attached hydrogens (tertiary/aromatic N) is 1. The lowest BCUT2D eigenvalue weighted by Crippen LogP contribution is -2.40. The van der Waals surface area contributed by atoms with Crippen molar-refractivity contribution in [3.05, 3.63) is 54.2 Å². The normalized spacial score (nSPS) is 11.2. The van der Waals surface area contributed by atoms with Crippen LogP contribution < -0.4 is 20.5 Å². The van der Waals surface area contributed by atoms with Gasteiger partial charge in [-0.2, -0.15) is 0 Å². The highest BCUT2D eigenvalue weighted by atomic mass is 35.5. The molecular formula is C19H26ClN3O3. The number of hydrogen-bond acceptors (Lipinski definition) is 5. The Kier molecular flexibility index (Phi) is 10.1. The van der Waals surface area contributed by atoms with Crippen molar-refractivity contribution in [1.82, 2.24) is 10.3 Å². The van der Waals surface area contributed by atoms with E-state index in [1.165, 1.54) is 0 Å². The zero-order chi connectivity index (χ0) is 17.9. The van der Waals surface area contributed by atoms with Crippen molar-refractivity contribution in [3.63, 3.8) is 0 Å². The summed E-state index contributed by atoms with van der Waals surface area (Å²) in [7, 11) is 0. The molecule has 26 heavy (non-hydrogen) atoms. The maximum absolute atomic E-state index is 11.8. The van der Waals surface area contributed by atoms with Gasteiger partial charge in [0.05, 0.1) is 6.04 Å². The minimum absolute atomic E-state index is 0. The van der Waals surface area contributed by atoms with Crippen LogP contribution in [-0.4, -0.2) is 30.1 Å². The highest BCUT2D eigenvalue weighted by molar-refractivity contribution is 5.85. The molecule has 0 radical (unpaired) electrons. The number of hydrogen-bond donors (Lipinski definition) is 2. The second-order valence-electron chi connectivity index (χ2n) is 5.63. The maximum Gasteiger partial charge on any atom is 0.237 e. The topological polar surface area (TPSA) is 86.5 Å². The molecule has 0 aliphatic carbocycles. The van der Waals surface area contributed by atoms with E-state index in [1.807, 2.05) is 43.3 Å². The number of nitrogens with one attached hydrogen (secondary N) is 1. The summed E-state index contributed by atoms with van der Waals surface area (Å²) in [4.78, 5) is 16.0. The molecule has 1 heterocycles. The third-order valence-electron chi connectivity index (χ3n) is 3.55. The fourth-order valence-electron chi connectivity index (χ4n) is 2.19. The van der Waals surface area contributed by atoms with E-state index in [-0.39, 0.29) is 18.3 Å². The molecule has 3 N–H and O–H groups in total. The number of amides is 1. The summed E-state index contributed by atoms with van der Waals surface area (Å²) < 4.78 is 11.1. The molecule has 0 saturated carbocycles. The Morgan fingerprint density at radius 3 is 2.54 bits per heavy atom. The van der Waals surface area contributed by atoms with E-state index >= 15 is 0 Å².